The molecule has 1 unspecified atom stereocenters. The van der Waals surface area contributed by atoms with E-state index in [0.717, 1.165) is 42.0 Å². The summed E-state index contributed by atoms with van der Waals surface area (Å²) in [6.07, 6.45) is 6.05. The summed E-state index contributed by atoms with van der Waals surface area (Å²) in [6, 6.07) is 7.88. The molecular weight excluding hydrogens is 382 g/mol. The first kappa shape index (κ1) is 18.5. The van der Waals surface area contributed by atoms with Crippen LogP contribution in [0.25, 0.3) is 16.2 Å². The van der Waals surface area contributed by atoms with Crippen molar-refractivity contribution in [3.05, 3.63) is 46.6 Å². The molecule has 5 nitrogen and oxygen atoms in total. The van der Waals surface area contributed by atoms with Crippen LogP contribution in [0, 0.1) is 0 Å². The number of likely N-dealkylation sites (tertiary alicyclic amines) is 1. The topological polar surface area (TPSA) is 46.8 Å². The van der Waals surface area contributed by atoms with Gasteiger partial charge in [-0.15, -0.1) is 11.3 Å². The Hall–Kier alpha value is -1.89. The van der Waals surface area contributed by atoms with Gasteiger partial charge in [0.1, 0.15) is 5.69 Å². The number of aromatic nitrogens is 2. The highest BCUT2D eigenvalue weighted by Gasteiger charge is 2.29. The minimum atomic E-state index is 0.0742. The molecule has 1 aliphatic rings. The third-order valence-electron chi connectivity index (χ3n) is 5.12. The summed E-state index contributed by atoms with van der Waals surface area (Å²) >= 11 is 7.80. The predicted octanol–water partition coefficient (Wildman–Crippen LogP) is 4.75. The van der Waals surface area contributed by atoms with Gasteiger partial charge in [-0.3, -0.25) is 9.20 Å². The Kier molecular flexibility index (Phi) is 5.48. The summed E-state index contributed by atoms with van der Waals surface area (Å²) in [4.78, 5) is 20.8. The van der Waals surface area contributed by atoms with Gasteiger partial charge in [-0.2, -0.15) is 0 Å². The van der Waals surface area contributed by atoms with Crippen LogP contribution in [0.2, 0.25) is 5.02 Å². The number of thiazole rings is 1. The number of rotatable bonds is 5. The molecule has 0 N–H and O–H groups in total. The number of benzene rings is 1. The van der Waals surface area contributed by atoms with Crippen molar-refractivity contribution in [1.29, 1.82) is 0 Å². The fourth-order valence-corrected chi connectivity index (χ4v) is 4.79. The van der Waals surface area contributed by atoms with Crippen LogP contribution in [0.1, 0.15) is 36.2 Å². The van der Waals surface area contributed by atoms with Crippen molar-refractivity contribution in [3.8, 4) is 11.3 Å². The number of amides is 1. The average Bonchev–Trinajstić information content (AvgIpc) is 3.27. The SMILES string of the molecule is COCCC1CCCCN1C(=O)c1csc2nc(-c3ccccc3Cl)cn12. The number of methoxy groups -OCH3 is 1. The molecule has 3 heterocycles. The van der Waals surface area contributed by atoms with Crippen molar-refractivity contribution in [2.75, 3.05) is 20.3 Å². The molecule has 1 aliphatic heterocycles. The van der Waals surface area contributed by atoms with Gasteiger partial charge in [0.25, 0.3) is 5.91 Å². The summed E-state index contributed by atoms with van der Waals surface area (Å²) < 4.78 is 7.13. The molecule has 1 fully saturated rings. The molecule has 1 aromatic carbocycles. The highest BCUT2D eigenvalue weighted by molar-refractivity contribution is 7.15. The van der Waals surface area contributed by atoms with Crippen molar-refractivity contribution in [1.82, 2.24) is 14.3 Å². The van der Waals surface area contributed by atoms with Gasteiger partial charge in [0.2, 0.25) is 0 Å². The summed E-state index contributed by atoms with van der Waals surface area (Å²) in [5.41, 5.74) is 2.34. The standard InChI is InChI=1S/C20H22ClN3O2S/c1-26-11-9-14-6-4-5-10-23(14)19(25)18-13-27-20-22-17(12-24(18)20)15-7-2-3-8-16(15)21/h2-3,7-8,12-14H,4-6,9-11H2,1H3. The highest BCUT2D eigenvalue weighted by Crippen LogP contribution is 2.30. The van der Waals surface area contributed by atoms with Crippen molar-refractivity contribution < 1.29 is 9.53 Å². The van der Waals surface area contributed by atoms with E-state index in [4.69, 9.17) is 16.3 Å². The number of halogens is 1. The molecule has 0 aliphatic carbocycles. The molecule has 0 spiro atoms. The number of ether oxygens (including phenoxy) is 1. The van der Waals surface area contributed by atoms with Gasteiger partial charge in [0.05, 0.1) is 10.7 Å². The molecule has 7 heteroatoms. The summed E-state index contributed by atoms with van der Waals surface area (Å²) in [5.74, 6) is 0.0742. The zero-order chi connectivity index (χ0) is 18.8. The lowest BCUT2D eigenvalue weighted by Gasteiger charge is -2.35. The van der Waals surface area contributed by atoms with Crippen molar-refractivity contribution >= 4 is 33.8 Å². The Bertz CT molecular complexity index is 952. The number of piperidine rings is 1. The van der Waals surface area contributed by atoms with Gasteiger partial charge < -0.3 is 9.64 Å². The van der Waals surface area contributed by atoms with E-state index in [9.17, 15) is 4.79 Å². The van der Waals surface area contributed by atoms with E-state index in [1.54, 1.807) is 7.11 Å². The van der Waals surface area contributed by atoms with Crippen LogP contribution >= 0.6 is 22.9 Å². The smallest absolute Gasteiger partial charge is 0.271 e. The normalized spacial score (nSPS) is 17.6. The number of hydrogen-bond donors (Lipinski definition) is 0. The van der Waals surface area contributed by atoms with E-state index in [1.165, 1.54) is 17.8 Å². The number of carbonyl (C=O) groups is 1. The number of nitrogens with zero attached hydrogens (tertiary/aromatic N) is 3. The molecule has 0 radical (unpaired) electrons. The van der Waals surface area contributed by atoms with Gasteiger partial charge >= 0.3 is 0 Å². The second kappa shape index (κ2) is 8.00. The Labute approximate surface area is 167 Å². The van der Waals surface area contributed by atoms with Gasteiger partial charge in [0, 0.05) is 43.4 Å². The lowest BCUT2D eigenvalue weighted by Crippen LogP contribution is -2.44. The molecule has 4 rings (SSSR count). The van der Waals surface area contributed by atoms with Gasteiger partial charge in [0.15, 0.2) is 4.96 Å². The van der Waals surface area contributed by atoms with E-state index in [2.05, 4.69) is 4.98 Å². The molecule has 0 saturated carbocycles. The Morgan fingerprint density at radius 1 is 1.37 bits per heavy atom. The third kappa shape index (κ3) is 3.61. The second-order valence-corrected chi connectivity index (χ2v) is 8.05. The van der Waals surface area contributed by atoms with Crippen molar-refractivity contribution in [2.45, 2.75) is 31.7 Å². The minimum Gasteiger partial charge on any atom is -0.385 e. The zero-order valence-corrected chi connectivity index (χ0v) is 16.8. The Balaban J connectivity index is 1.65. The molecule has 1 saturated heterocycles. The van der Waals surface area contributed by atoms with Crippen molar-refractivity contribution in [3.63, 3.8) is 0 Å². The Morgan fingerprint density at radius 2 is 2.22 bits per heavy atom. The average molecular weight is 404 g/mol. The maximum absolute atomic E-state index is 13.3. The molecule has 0 bridgehead atoms. The minimum absolute atomic E-state index is 0.0742. The fourth-order valence-electron chi connectivity index (χ4n) is 3.71. The molecule has 1 amide bonds. The van der Waals surface area contributed by atoms with E-state index < -0.39 is 0 Å². The van der Waals surface area contributed by atoms with Crippen LogP contribution in [0.15, 0.2) is 35.8 Å². The third-order valence-corrected chi connectivity index (χ3v) is 6.29. The van der Waals surface area contributed by atoms with Crippen LogP contribution in [0.5, 0.6) is 0 Å². The number of fused-ring (bicyclic) bond motifs is 1. The first-order valence-electron chi connectivity index (χ1n) is 9.20. The predicted molar refractivity (Wildman–Crippen MR) is 109 cm³/mol. The van der Waals surface area contributed by atoms with E-state index in [-0.39, 0.29) is 11.9 Å². The number of carbonyl (C=O) groups excluding carboxylic acids is 1. The number of imidazole rings is 1. The lowest BCUT2D eigenvalue weighted by molar-refractivity contribution is 0.0546. The zero-order valence-electron chi connectivity index (χ0n) is 15.2. The van der Waals surface area contributed by atoms with Gasteiger partial charge in [-0.25, -0.2) is 4.98 Å². The number of hydrogen-bond acceptors (Lipinski definition) is 4. The molecule has 3 aromatic rings. The lowest BCUT2D eigenvalue weighted by atomic mass is 9.99. The van der Waals surface area contributed by atoms with Crippen LogP contribution in [0.3, 0.4) is 0 Å². The summed E-state index contributed by atoms with van der Waals surface area (Å²) in [5, 5.41) is 2.56. The van der Waals surface area contributed by atoms with Crippen LogP contribution in [-0.2, 0) is 4.74 Å². The van der Waals surface area contributed by atoms with Gasteiger partial charge in [-0.05, 0) is 31.7 Å². The van der Waals surface area contributed by atoms with Crippen molar-refractivity contribution in [2.24, 2.45) is 0 Å². The molecular formula is C20H22ClN3O2S. The monoisotopic (exact) mass is 403 g/mol. The highest BCUT2D eigenvalue weighted by atomic mass is 35.5. The maximum atomic E-state index is 13.3. The van der Waals surface area contributed by atoms with Gasteiger partial charge in [-0.1, -0.05) is 29.8 Å². The van der Waals surface area contributed by atoms with Crippen LogP contribution in [-0.4, -0.2) is 46.5 Å². The van der Waals surface area contributed by atoms with E-state index in [0.29, 0.717) is 17.3 Å². The van der Waals surface area contributed by atoms with Crippen LogP contribution in [0.4, 0.5) is 0 Å². The largest absolute Gasteiger partial charge is 0.385 e. The summed E-state index contributed by atoms with van der Waals surface area (Å²) in [7, 11) is 1.71. The van der Waals surface area contributed by atoms with E-state index in [1.807, 2.05) is 45.1 Å². The molecule has 142 valence electrons. The maximum Gasteiger partial charge on any atom is 0.271 e. The first-order valence-corrected chi connectivity index (χ1v) is 10.5. The fraction of sp³-hybridized carbons (Fsp3) is 0.400. The quantitative estimate of drug-likeness (QED) is 0.617. The van der Waals surface area contributed by atoms with E-state index >= 15 is 0 Å². The molecule has 1 atom stereocenters. The first-order chi connectivity index (χ1) is 13.2. The van der Waals surface area contributed by atoms with Crippen LogP contribution < -0.4 is 0 Å². The summed E-state index contributed by atoms with van der Waals surface area (Å²) in [6.45, 7) is 1.48. The molecule has 27 heavy (non-hydrogen) atoms. The Morgan fingerprint density at radius 3 is 3.04 bits per heavy atom. The second-order valence-electron chi connectivity index (χ2n) is 6.81. The molecule has 2 aromatic heterocycles.